The van der Waals surface area contributed by atoms with Gasteiger partial charge >= 0.3 is 11.6 Å². The third-order valence-electron chi connectivity index (χ3n) is 13.0. The van der Waals surface area contributed by atoms with Gasteiger partial charge in [0.1, 0.15) is 29.2 Å². The lowest BCUT2D eigenvalue weighted by Gasteiger charge is -2.35. The van der Waals surface area contributed by atoms with E-state index in [1.54, 1.807) is 93.3 Å². The van der Waals surface area contributed by atoms with Crippen molar-refractivity contribution in [3.63, 3.8) is 0 Å². The first-order valence-corrected chi connectivity index (χ1v) is 25.7. The van der Waals surface area contributed by atoms with Crippen LogP contribution in [0.25, 0.3) is 21.4 Å². The zero-order valence-corrected chi connectivity index (χ0v) is 43.3. The molecular formula is C55H63FN8O9S. The van der Waals surface area contributed by atoms with Crippen LogP contribution in [0.1, 0.15) is 113 Å². The Bertz CT molecular complexity index is 3030. The van der Waals surface area contributed by atoms with E-state index in [4.69, 9.17) is 9.15 Å². The van der Waals surface area contributed by atoms with Crippen LogP contribution in [-0.4, -0.2) is 85.8 Å². The van der Waals surface area contributed by atoms with Crippen molar-refractivity contribution in [1.82, 2.24) is 35.8 Å². The van der Waals surface area contributed by atoms with Gasteiger partial charge in [0.2, 0.25) is 29.5 Å². The molecule has 74 heavy (non-hydrogen) atoms. The molecule has 7 rings (SSSR count). The van der Waals surface area contributed by atoms with Gasteiger partial charge in [-0.05, 0) is 85.5 Å². The molecule has 6 aromatic rings. The molecule has 5 N–H and O–H groups in total. The summed E-state index contributed by atoms with van der Waals surface area (Å²) in [5.41, 5.74) is 4.68. The molecule has 390 valence electrons. The average Bonchev–Trinajstić information content (AvgIpc) is 3.99. The van der Waals surface area contributed by atoms with Crippen LogP contribution in [0, 0.1) is 25.1 Å². The van der Waals surface area contributed by atoms with E-state index in [1.165, 1.54) is 11.0 Å². The fraction of sp³-hybridized carbons (Fsp3) is 0.400. The molecule has 0 radical (unpaired) electrons. The number of β-amino-alcohol motifs (C(OH)–C–C–N with tert-alkyl or cyclic N) is 1. The fourth-order valence-corrected chi connectivity index (χ4v) is 9.67. The topological polar surface area (TPSA) is 235 Å². The maximum Gasteiger partial charge on any atom is 0.340 e. The van der Waals surface area contributed by atoms with Crippen molar-refractivity contribution in [2.75, 3.05) is 18.4 Å². The summed E-state index contributed by atoms with van der Waals surface area (Å²) in [6, 6.07) is 16.9. The molecule has 0 spiro atoms. The summed E-state index contributed by atoms with van der Waals surface area (Å²) < 4.78 is 27.0. The highest BCUT2D eigenvalue weighted by atomic mass is 32.1. The number of anilines is 1. The van der Waals surface area contributed by atoms with Gasteiger partial charge in [-0.3, -0.25) is 24.0 Å². The molecule has 4 atom stereocenters. The minimum absolute atomic E-state index is 0.00357. The van der Waals surface area contributed by atoms with Crippen LogP contribution >= 0.6 is 11.3 Å². The van der Waals surface area contributed by atoms with Gasteiger partial charge < -0.3 is 40.4 Å². The Labute approximate surface area is 432 Å². The van der Waals surface area contributed by atoms with Crippen LogP contribution < -0.4 is 31.6 Å². The number of nitrogens with zero attached hydrogens (tertiary/aromatic N) is 4. The molecule has 1 saturated heterocycles. The Morgan fingerprint density at radius 1 is 0.892 bits per heavy atom. The van der Waals surface area contributed by atoms with E-state index in [0.29, 0.717) is 54.5 Å². The van der Waals surface area contributed by atoms with Gasteiger partial charge in [0.25, 0.3) is 0 Å². The Kier molecular flexibility index (Phi) is 18.1. The Balaban J connectivity index is 0.802. The quantitative estimate of drug-likeness (QED) is 0.0341. The van der Waals surface area contributed by atoms with E-state index in [2.05, 4.69) is 36.2 Å². The van der Waals surface area contributed by atoms with Crippen LogP contribution in [0.3, 0.4) is 0 Å². The standard InChI is InChI=1S/C55H63FN8O9S/c1-32-40-21-20-39(72-54-58-25-12-26-59-54)29-44(40)73-53(71)41(32)27-37-13-11-14-42(48(37)56)62-46(67)15-9-7-8-10-24-57-45(66)22-23-47(68)63-50(55(4,5)6)52(70)64-30-38(65)28-43(64)51(69)61-33(2)35-16-18-36(19-17-35)49-34(3)60-31-74-49/h11-14,16-21,25-26,29,31,33,38,43,50,65H,7-10,15,22-24,27-28,30H2,1-6H3,(H,57,66)(H,61,69)(H,62,67)(H,63,68)/t33-,38+,43-,50+/m0/s1. The van der Waals surface area contributed by atoms with Gasteiger partial charge in [-0.1, -0.05) is 70.0 Å². The van der Waals surface area contributed by atoms with Crippen molar-refractivity contribution in [1.29, 1.82) is 0 Å². The van der Waals surface area contributed by atoms with E-state index in [0.717, 1.165) is 21.7 Å². The summed E-state index contributed by atoms with van der Waals surface area (Å²) in [4.78, 5) is 94.4. The van der Waals surface area contributed by atoms with Gasteiger partial charge in [0.15, 0.2) is 0 Å². The number of carbonyl (C=O) groups excluding carboxylic acids is 5. The lowest BCUT2D eigenvalue weighted by Crippen LogP contribution is -2.57. The number of aliphatic hydroxyl groups is 1. The van der Waals surface area contributed by atoms with Gasteiger partial charge in [-0.2, -0.15) is 0 Å². The molecule has 1 aliphatic rings. The maximum atomic E-state index is 15.7. The molecule has 0 aliphatic carbocycles. The predicted octanol–water partition coefficient (Wildman–Crippen LogP) is 8.00. The van der Waals surface area contributed by atoms with Crippen LogP contribution in [0.4, 0.5) is 10.1 Å². The number of hydrogen-bond acceptors (Lipinski definition) is 13. The Hall–Kier alpha value is -7.38. The molecule has 1 fully saturated rings. The number of hydrogen-bond donors (Lipinski definition) is 5. The normalized spacial score (nSPS) is 15.3. The van der Waals surface area contributed by atoms with Crippen molar-refractivity contribution in [2.45, 2.75) is 124 Å². The zero-order valence-electron chi connectivity index (χ0n) is 42.5. The first kappa shape index (κ1) is 54.4. The van der Waals surface area contributed by atoms with Crippen molar-refractivity contribution < 1.29 is 42.6 Å². The number of aliphatic hydroxyl groups excluding tert-OH is 1. The summed E-state index contributed by atoms with van der Waals surface area (Å²) in [6.07, 6.45) is 4.58. The van der Waals surface area contributed by atoms with Gasteiger partial charge in [0.05, 0.1) is 33.9 Å². The number of unbranched alkanes of at least 4 members (excludes halogenated alkanes) is 3. The lowest BCUT2D eigenvalue weighted by atomic mass is 9.85. The molecule has 19 heteroatoms. The second-order valence-electron chi connectivity index (χ2n) is 19.7. The third kappa shape index (κ3) is 14.0. The number of aryl methyl sites for hydroxylation is 2. The van der Waals surface area contributed by atoms with Crippen molar-refractivity contribution in [3.8, 4) is 22.2 Å². The fourth-order valence-electron chi connectivity index (χ4n) is 8.86. The number of ether oxygens (including phenoxy) is 1. The summed E-state index contributed by atoms with van der Waals surface area (Å²) in [5.74, 6) is -2.37. The zero-order chi connectivity index (χ0) is 53.1. The number of benzene rings is 3. The molecular weight excluding hydrogens is 968 g/mol. The monoisotopic (exact) mass is 1030 g/mol. The minimum Gasteiger partial charge on any atom is -0.424 e. The Morgan fingerprint density at radius 3 is 2.34 bits per heavy atom. The predicted molar refractivity (Wildman–Crippen MR) is 279 cm³/mol. The first-order chi connectivity index (χ1) is 35.4. The number of thiazole rings is 1. The van der Waals surface area contributed by atoms with E-state index < -0.39 is 52.8 Å². The molecule has 3 aromatic heterocycles. The van der Waals surface area contributed by atoms with E-state index in [9.17, 15) is 33.9 Å². The molecule has 1 aliphatic heterocycles. The summed E-state index contributed by atoms with van der Waals surface area (Å²) in [6.45, 7) is 11.3. The number of likely N-dealkylation sites (tertiary alicyclic amines) is 1. The smallest absolute Gasteiger partial charge is 0.340 e. The van der Waals surface area contributed by atoms with Crippen LogP contribution in [-0.2, 0) is 30.4 Å². The highest BCUT2D eigenvalue weighted by Crippen LogP contribution is 2.31. The largest absolute Gasteiger partial charge is 0.424 e. The molecule has 0 bridgehead atoms. The molecule has 3 aromatic carbocycles. The number of halogens is 1. The molecule has 0 saturated carbocycles. The summed E-state index contributed by atoms with van der Waals surface area (Å²) in [7, 11) is 0. The van der Waals surface area contributed by atoms with E-state index in [1.807, 2.05) is 38.1 Å². The van der Waals surface area contributed by atoms with Crippen LogP contribution in [0.2, 0.25) is 0 Å². The Morgan fingerprint density at radius 2 is 1.62 bits per heavy atom. The van der Waals surface area contributed by atoms with E-state index >= 15 is 4.39 Å². The molecule has 17 nitrogen and oxygen atoms in total. The number of fused-ring (bicyclic) bond motifs is 1. The van der Waals surface area contributed by atoms with Gasteiger partial charge in [0, 0.05) is 74.6 Å². The van der Waals surface area contributed by atoms with Crippen LogP contribution in [0.5, 0.6) is 11.8 Å². The summed E-state index contributed by atoms with van der Waals surface area (Å²) >= 11 is 1.56. The highest BCUT2D eigenvalue weighted by Gasteiger charge is 2.44. The molecule has 5 amide bonds. The number of amides is 5. The first-order valence-electron chi connectivity index (χ1n) is 24.8. The minimum atomic E-state index is -1.03. The molecule has 0 unspecified atom stereocenters. The van der Waals surface area contributed by atoms with Gasteiger partial charge in [-0.25, -0.2) is 24.1 Å². The van der Waals surface area contributed by atoms with Crippen molar-refractivity contribution in [3.05, 3.63) is 129 Å². The van der Waals surface area contributed by atoms with Crippen molar-refractivity contribution in [2.24, 2.45) is 5.41 Å². The lowest BCUT2D eigenvalue weighted by molar-refractivity contribution is -0.144. The number of rotatable bonds is 21. The number of nitrogens with one attached hydrogen (secondary N) is 4. The SMILES string of the molecule is Cc1ncsc1-c1ccc([C@H](C)NC(=O)[C@@H]2C[C@@H](O)CN2C(=O)[C@@H](NC(=O)CCC(=O)NCCCCCCC(=O)Nc2cccc(Cc3c(C)c4ccc(Oc5ncccn5)cc4oc3=O)c2F)C(C)(C)C)cc1. The second kappa shape index (κ2) is 24.6. The van der Waals surface area contributed by atoms with Crippen LogP contribution in [0.15, 0.2) is 93.8 Å². The van der Waals surface area contributed by atoms with Gasteiger partial charge in [-0.15, -0.1) is 11.3 Å². The van der Waals surface area contributed by atoms with Crippen molar-refractivity contribution >= 4 is 57.5 Å². The third-order valence-corrected chi connectivity index (χ3v) is 14.0. The maximum absolute atomic E-state index is 15.7. The average molecular weight is 1030 g/mol. The molecule has 4 heterocycles. The highest BCUT2D eigenvalue weighted by molar-refractivity contribution is 7.13. The van der Waals surface area contributed by atoms with E-state index in [-0.39, 0.29) is 79.3 Å². The number of aromatic nitrogens is 3. The summed E-state index contributed by atoms with van der Waals surface area (Å²) in [5, 5.41) is 22.5. The second-order valence-corrected chi connectivity index (χ2v) is 20.5. The number of carbonyl (C=O) groups is 5.